The summed E-state index contributed by atoms with van der Waals surface area (Å²) in [7, 11) is 2.90. The number of nitrogens with zero attached hydrogens (tertiary/aromatic N) is 3. The Morgan fingerprint density at radius 3 is 2.93 bits per heavy atom. The SMILES string of the molecule is CCOc1cnnc(C(=O)N(C)OC)c1. The minimum atomic E-state index is -0.369. The van der Waals surface area contributed by atoms with Crippen LogP contribution in [0, 0.1) is 0 Å². The number of hydrogen-bond acceptors (Lipinski definition) is 5. The van der Waals surface area contributed by atoms with Gasteiger partial charge in [-0.25, -0.2) is 5.06 Å². The van der Waals surface area contributed by atoms with Crippen molar-refractivity contribution in [2.24, 2.45) is 0 Å². The topological polar surface area (TPSA) is 64.6 Å². The normalized spacial score (nSPS) is 9.80. The standard InChI is InChI=1S/C9H13N3O3/c1-4-15-7-5-8(11-10-6-7)9(13)12(2)14-3/h5-6H,4H2,1-3H3. The molecule has 1 aromatic rings. The van der Waals surface area contributed by atoms with Crippen molar-refractivity contribution in [3.63, 3.8) is 0 Å². The fourth-order valence-corrected chi connectivity index (χ4v) is 0.943. The predicted octanol–water partition coefficient (Wildman–Crippen LogP) is 0.509. The van der Waals surface area contributed by atoms with Crippen LogP contribution in [0.25, 0.3) is 0 Å². The summed E-state index contributed by atoms with van der Waals surface area (Å²) < 4.78 is 5.20. The second-order valence-corrected chi connectivity index (χ2v) is 2.69. The number of carbonyl (C=O) groups excluding carboxylic acids is 1. The highest BCUT2D eigenvalue weighted by atomic mass is 16.7. The molecule has 0 bridgehead atoms. The number of hydrogen-bond donors (Lipinski definition) is 0. The monoisotopic (exact) mass is 211 g/mol. The van der Waals surface area contributed by atoms with Gasteiger partial charge in [-0.1, -0.05) is 0 Å². The predicted molar refractivity (Wildman–Crippen MR) is 52.3 cm³/mol. The molecule has 6 heteroatoms. The van der Waals surface area contributed by atoms with E-state index in [9.17, 15) is 4.79 Å². The molecule has 1 aromatic heterocycles. The smallest absolute Gasteiger partial charge is 0.297 e. The molecule has 0 fully saturated rings. The van der Waals surface area contributed by atoms with Crippen LogP contribution in [0.3, 0.4) is 0 Å². The molecular formula is C9H13N3O3. The van der Waals surface area contributed by atoms with Crippen molar-refractivity contribution < 1.29 is 14.4 Å². The van der Waals surface area contributed by atoms with E-state index in [1.807, 2.05) is 6.92 Å². The van der Waals surface area contributed by atoms with Crippen LogP contribution in [0.15, 0.2) is 12.3 Å². The second-order valence-electron chi connectivity index (χ2n) is 2.69. The van der Waals surface area contributed by atoms with Gasteiger partial charge < -0.3 is 4.74 Å². The number of ether oxygens (including phenoxy) is 1. The van der Waals surface area contributed by atoms with Crippen LogP contribution in [0.2, 0.25) is 0 Å². The largest absolute Gasteiger partial charge is 0.492 e. The van der Waals surface area contributed by atoms with Crippen LogP contribution in [-0.2, 0) is 4.84 Å². The zero-order valence-corrected chi connectivity index (χ0v) is 8.93. The summed E-state index contributed by atoms with van der Waals surface area (Å²) in [5.41, 5.74) is 0.185. The van der Waals surface area contributed by atoms with Gasteiger partial charge in [-0.2, -0.15) is 5.10 Å². The first-order valence-corrected chi connectivity index (χ1v) is 4.46. The van der Waals surface area contributed by atoms with Crippen LogP contribution in [0.4, 0.5) is 0 Å². The fourth-order valence-electron chi connectivity index (χ4n) is 0.943. The molecule has 0 aliphatic heterocycles. The van der Waals surface area contributed by atoms with E-state index >= 15 is 0 Å². The van der Waals surface area contributed by atoms with Gasteiger partial charge in [-0.3, -0.25) is 9.63 Å². The number of carbonyl (C=O) groups is 1. The third-order valence-corrected chi connectivity index (χ3v) is 1.72. The van der Waals surface area contributed by atoms with Gasteiger partial charge in [0, 0.05) is 13.1 Å². The Hall–Kier alpha value is -1.69. The summed E-state index contributed by atoms with van der Waals surface area (Å²) in [5, 5.41) is 8.42. The average Bonchev–Trinajstić information content (AvgIpc) is 2.28. The Morgan fingerprint density at radius 1 is 1.60 bits per heavy atom. The molecule has 1 heterocycles. The second kappa shape index (κ2) is 5.26. The summed E-state index contributed by atoms with van der Waals surface area (Å²) in [5.74, 6) is 0.145. The molecule has 0 radical (unpaired) electrons. The van der Waals surface area contributed by atoms with Gasteiger partial charge in [-0.15, -0.1) is 5.10 Å². The molecule has 1 rings (SSSR count). The van der Waals surface area contributed by atoms with Crippen molar-refractivity contribution in [2.75, 3.05) is 20.8 Å². The highest BCUT2D eigenvalue weighted by Crippen LogP contribution is 2.10. The van der Waals surface area contributed by atoms with Crippen molar-refractivity contribution in [1.29, 1.82) is 0 Å². The first-order valence-electron chi connectivity index (χ1n) is 4.46. The van der Waals surface area contributed by atoms with Gasteiger partial charge in [0.1, 0.15) is 5.75 Å². The maximum absolute atomic E-state index is 11.6. The lowest BCUT2D eigenvalue weighted by Crippen LogP contribution is -2.26. The van der Waals surface area contributed by atoms with Crippen LogP contribution < -0.4 is 4.74 Å². The average molecular weight is 211 g/mol. The van der Waals surface area contributed by atoms with Gasteiger partial charge in [0.25, 0.3) is 5.91 Å². The Kier molecular flexibility index (Phi) is 3.99. The van der Waals surface area contributed by atoms with Crippen molar-refractivity contribution in [3.8, 4) is 5.75 Å². The number of rotatable bonds is 4. The molecular weight excluding hydrogens is 198 g/mol. The maximum atomic E-state index is 11.6. The lowest BCUT2D eigenvalue weighted by molar-refractivity contribution is -0.0761. The molecule has 0 N–H and O–H groups in total. The molecule has 0 atom stereocenters. The molecule has 15 heavy (non-hydrogen) atoms. The van der Waals surface area contributed by atoms with Crippen LogP contribution in [-0.4, -0.2) is 41.9 Å². The molecule has 0 saturated heterocycles. The van der Waals surface area contributed by atoms with Crippen LogP contribution in [0.1, 0.15) is 17.4 Å². The lowest BCUT2D eigenvalue weighted by Gasteiger charge is -2.12. The van der Waals surface area contributed by atoms with Gasteiger partial charge in [0.15, 0.2) is 5.69 Å². The van der Waals surface area contributed by atoms with Crippen LogP contribution in [0.5, 0.6) is 5.75 Å². The Labute approximate surface area is 87.8 Å². The zero-order chi connectivity index (χ0) is 11.3. The molecule has 82 valence electrons. The molecule has 0 unspecified atom stereocenters. The quantitative estimate of drug-likeness (QED) is 0.679. The molecule has 0 aromatic carbocycles. The van der Waals surface area contributed by atoms with Crippen molar-refractivity contribution in [1.82, 2.24) is 15.3 Å². The molecule has 0 saturated carbocycles. The summed E-state index contributed by atoms with van der Waals surface area (Å²) in [6.07, 6.45) is 1.45. The molecule has 1 amide bonds. The van der Waals surface area contributed by atoms with Gasteiger partial charge in [-0.05, 0) is 6.92 Å². The van der Waals surface area contributed by atoms with E-state index in [2.05, 4.69) is 10.2 Å². The zero-order valence-electron chi connectivity index (χ0n) is 8.93. The van der Waals surface area contributed by atoms with E-state index < -0.39 is 0 Å². The van der Waals surface area contributed by atoms with Crippen LogP contribution >= 0.6 is 0 Å². The van der Waals surface area contributed by atoms with Gasteiger partial charge >= 0.3 is 0 Å². The van der Waals surface area contributed by atoms with E-state index in [0.717, 1.165) is 5.06 Å². The van der Waals surface area contributed by atoms with E-state index in [-0.39, 0.29) is 11.6 Å². The van der Waals surface area contributed by atoms with Crippen molar-refractivity contribution in [2.45, 2.75) is 6.92 Å². The Balaban J connectivity index is 2.85. The van der Waals surface area contributed by atoms with Gasteiger partial charge in [0.2, 0.25) is 0 Å². The summed E-state index contributed by atoms with van der Waals surface area (Å²) in [6.45, 7) is 2.36. The maximum Gasteiger partial charge on any atom is 0.297 e. The highest BCUT2D eigenvalue weighted by Gasteiger charge is 2.14. The van der Waals surface area contributed by atoms with E-state index in [1.165, 1.54) is 26.4 Å². The van der Waals surface area contributed by atoms with E-state index in [1.54, 1.807) is 0 Å². The first kappa shape index (κ1) is 11.4. The van der Waals surface area contributed by atoms with E-state index in [0.29, 0.717) is 12.4 Å². The molecule has 6 nitrogen and oxygen atoms in total. The summed E-state index contributed by atoms with van der Waals surface area (Å²) >= 11 is 0. The third kappa shape index (κ3) is 2.88. The fraction of sp³-hybridized carbons (Fsp3) is 0.444. The van der Waals surface area contributed by atoms with Crippen molar-refractivity contribution in [3.05, 3.63) is 18.0 Å². The molecule has 0 spiro atoms. The van der Waals surface area contributed by atoms with E-state index in [4.69, 9.17) is 9.57 Å². The lowest BCUT2D eigenvalue weighted by atomic mass is 10.3. The highest BCUT2D eigenvalue weighted by molar-refractivity contribution is 5.91. The number of amides is 1. The first-order chi connectivity index (χ1) is 7.19. The minimum absolute atomic E-state index is 0.185. The minimum Gasteiger partial charge on any atom is -0.492 e. The Bertz CT molecular complexity index is 343. The third-order valence-electron chi connectivity index (χ3n) is 1.72. The molecule has 0 aliphatic carbocycles. The number of hydroxylamine groups is 2. The van der Waals surface area contributed by atoms with Gasteiger partial charge in [0.05, 0.1) is 19.9 Å². The summed E-state index contributed by atoms with van der Waals surface area (Å²) in [6, 6.07) is 1.52. The van der Waals surface area contributed by atoms with Crippen molar-refractivity contribution >= 4 is 5.91 Å². The Morgan fingerprint density at radius 2 is 2.33 bits per heavy atom. The molecule has 0 aliphatic rings. The number of aromatic nitrogens is 2. The summed E-state index contributed by atoms with van der Waals surface area (Å²) in [4.78, 5) is 16.3.